The van der Waals surface area contributed by atoms with E-state index >= 15 is 0 Å². The molecule has 0 aliphatic carbocycles. The highest BCUT2D eigenvalue weighted by Gasteiger charge is 2.20. The van der Waals surface area contributed by atoms with Crippen LogP contribution in [-0.4, -0.2) is 57.9 Å². The molecule has 1 aromatic rings. The maximum atomic E-state index is 12.2. The molecule has 0 saturated carbocycles. The van der Waals surface area contributed by atoms with Crippen LogP contribution in [-0.2, 0) is 16.6 Å². The van der Waals surface area contributed by atoms with Crippen LogP contribution in [0.3, 0.4) is 0 Å². The zero-order valence-electron chi connectivity index (χ0n) is 14.5. The van der Waals surface area contributed by atoms with Gasteiger partial charge in [0.25, 0.3) is 0 Å². The van der Waals surface area contributed by atoms with Gasteiger partial charge in [-0.25, -0.2) is 12.7 Å². The lowest BCUT2D eigenvalue weighted by atomic mass is 9.96. The van der Waals surface area contributed by atoms with Crippen LogP contribution < -0.4 is 5.32 Å². The van der Waals surface area contributed by atoms with Crippen molar-refractivity contribution >= 4 is 10.0 Å². The van der Waals surface area contributed by atoms with E-state index < -0.39 is 10.0 Å². The van der Waals surface area contributed by atoms with Gasteiger partial charge >= 0.3 is 0 Å². The highest BCUT2D eigenvalue weighted by Crippen LogP contribution is 2.20. The fraction of sp³-hybridized carbons (Fsp3) is 0.647. The van der Waals surface area contributed by atoms with Crippen LogP contribution in [0.5, 0.6) is 0 Å². The van der Waals surface area contributed by atoms with E-state index in [9.17, 15) is 8.42 Å². The molecule has 1 heterocycles. The molecule has 0 aromatic heterocycles. The van der Waals surface area contributed by atoms with Crippen molar-refractivity contribution < 1.29 is 8.42 Å². The third-order valence-corrected chi connectivity index (χ3v) is 6.28. The van der Waals surface area contributed by atoms with Crippen LogP contribution in [0.1, 0.15) is 25.3 Å². The maximum Gasteiger partial charge on any atom is 0.242 e. The Bertz CT molecular complexity index is 594. The summed E-state index contributed by atoms with van der Waals surface area (Å²) in [4.78, 5) is 2.80. The summed E-state index contributed by atoms with van der Waals surface area (Å²) in [6.45, 7) is 7.28. The summed E-state index contributed by atoms with van der Waals surface area (Å²) >= 11 is 0. The fourth-order valence-corrected chi connectivity index (χ4v) is 3.94. The number of hydrogen-bond donors (Lipinski definition) is 1. The molecule has 1 aromatic carbocycles. The van der Waals surface area contributed by atoms with E-state index in [1.165, 1.54) is 17.1 Å². The van der Waals surface area contributed by atoms with Crippen molar-refractivity contribution in [2.75, 3.05) is 40.3 Å². The number of benzene rings is 1. The molecule has 1 N–H and O–H groups in total. The Labute approximate surface area is 140 Å². The molecule has 1 saturated heterocycles. The van der Waals surface area contributed by atoms with Crippen molar-refractivity contribution in [2.45, 2.75) is 31.2 Å². The van der Waals surface area contributed by atoms with Crippen LogP contribution in [0.25, 0.3) is 0 Å². The van der Waals surface area contributed by atoms with Crippen LogP contribution >= 0.6 is 0 Å². The Kier molecular flexibility index (Phi) is 6.59. The zero-order valence-corrected chi connectivity index (χ0v) is 15.3. The van der Waals surface area contributed by atoms with Crippen molar-refractivity contribution in [3.05, 3.63) is 29.8 Å². The fourth-order valence-electron chi connectivity index (χ4n) is 2.97. The molecule has 1 aliphatic heterocycles. The number of piperidine rings is 1. The standard InChI is InChI=1S/C17H29N3O2S/c1-4-18-13-15-8-10-20(11-9-15)14-16-6-5-7-17(12-16)23(21,22)19(2)3/h5-7,12,15,18H,4,8-11,13-14H2,1-3H3. The van der Waals surface area contributed by atoms with Gasteiger partial charge in [-0.1, -0.05) is 19.1 Å². The maximum absolute atomic E-state index is 12.2. The van der Waals surface area contributed by atoms with Crippen molar-refractivity contribution in [2.24, 2.45) is 5.92 Å². The van der Waals surface area contributed by atoms with Gasteiger partial charge in [0.1, 0.15) is 0 Å². The Balaban J connectivity index is 1.95. The molecule has 0 radical (unpaired) electrons. The molecule has 0 spiro atoms. The summed E-state index contributed by atoms with van der Waals surface area (Å²) in [5.74, 6) is 0.770. The van der Waals surface area contributed by atoms with E-state index in [4.69, 9.17) is 0 Å². The minimum absolute atomic E-state index is 0.377. The van der Waals surface area contributed by atoms with E-state index in [0.717, 1.165) is 44.2 Å². The van der Waals surface area contributed by atoms with Gasteiger partial charge in [0.05, 0.1) is 4.90 Å². The highest BCUT2D eigenvalue weighted by atomic mass is 32.2. The number of likely N-dealkylation sites (tertiary alicyclic amines) is 1. The van der Waals surface area contributed by atoms with E-state index in [0.29, 0.717) is 4.90 Å². The quantitative estimate of drug-likeness (QED) is 0.822. The van der Waals surface area contributed by atoms with Gasteiger partial charge in [-0.15, -0.1) is 0 Å². The monoisotopic (exact) mass is 339 g/mol. The Morgan fingerprint density at radius 3 is 2.57 bits per heavy atom. The summed E-state index contributed by atoms with van der Waals surface area (Å²) in [6.07, 6.45) is 2.42. The lowest BCUT2D eigenvalue weighted by Crippen LogP contribution is -2.36. The van der Waals surface area contributed by atoms with Gasteiger partial charge in [-0.3, -0.25) is 4.90 Å². The highest BCUT2D eigenvalue weighted by molar-refractivity contribution is 7.89. The minimum Gasteiger partial charge on any atom is -0.317 e. The number of rotatable bonds is 7. The van der Waals surface area contributed by atoms with Gasteiger partial charge < -0.3 is 5.32 Å². The Hall–Kier alpha value is -0.950. The van der Waals surface area contributed by atoms with Crippen molar-refractivity contribution in [3.8, 4) is 0 Å². The van der Waals surface area contributed by atoms with Gasteiger partial charge in [-0.2, -0.15) is 0 Å². The SMILES string of the molecule is CCNCC1CCN(Cc2cccc(S(=O)(=O)N(C)C)c2)CC1. The Morgan fingerprint density at radius 2 is 1.96 bits per heavy atom. The molecule has 0 atom stereocenters. The summed E-state index contributed by atoms with van der Waals surface area (Å²) in [7, 11) is -0.220. The first-order valence-electron chi connectivity index (χ1n) is 8.38. The lowest BCUT2D eigenvalue weighted by Gasteiger charge is -2.32. The molecule has 23 heavy (non-hydrogen) atoms. The smallest absolute Gasteiger partial charge is 0.242 e. The summed E-state index contributed by atoms with van der Waals surface area (Å²) in [5, 5.41) is 3.43. The van der Waals surface area contributed by atoms with Gasteiger partial charge in [0.15, 0.2) is 0 Å². The molecule has 0 amide bonds. The van der Waals surface area contributed by atoms with Gasteiger partial charge in [-0.05, 0) is 62.6 Å². The second-order valence-electron chi connectivity index (χ2n) is 6.46. The number of hydrogen-bond acceptors (Lipinski definition) is 4. The van der Waals surface area contributed by atoms with E-state index in [2.05, 4.69) is 17.1 Å². The van der Waals surface area contributed by atoms with Crippen LogP contribution in [0.15, 0.2) is 29.2 Å². The largest absolute Gasteiger partial charge is 0.317 e. The Morgan fingerprint density at radius 1 is 1.26 bits per heavy atom. The molecule has 1 fully saturated rings. The first kappa shape index (κ1) is 18.4. The van der Waals surface area contributed by atoms with E-state index in [1.807, 2.05) is 12.1 Å². The third kappa shape index (κ3) is 5.01. The number of nitrogens with one attached hydrogen (secondary N) is 1. The third-order valence-electron chi connectivity index (χ3n) is 4.47. The molecule has 0 unspecified atom stereocenters. The molecular formula is C17H29N3O2S. The molecule has 6 heteroatoms. The second kappa shape index (κ2) is 8.24. The molecule has 0 bridgehead atoms. The average molecular weight is 340 g/mol. The molecule has 5 nitrogen and oxygen atoms in total. The second-order valence-corrected chi connectivity index (χ2v) is 8.61. The lowest BCUT2D eigenvalue weighted by molar-refractivity contribution is 0.176. The van der Waals surface area contributed by atoms with Crippen LogP contribution in [0, 0.1) is 5.92 Å². The topological polar surface area (TPSA) is 52.7 Å². The predicted molar refractivity (Wildman–Crippen MR) is 93.9 cm³/mol. The van der Waals surface area contributed by atoms with Crippen molar-refractivity contribution in [1.29, 1.82) is 0 Å². The predicted octanol–water partition coefficient (Wildman–Crippen LogP) is 1.76. The van der Waals surface area contributed by atoms with Gasteiger partial charge in [0.2, 0.25) is 10.0 Å². The first-order valence-corrected chi connectivity index (χ1v) is 9.82. The minimum atomic E-state index is -3.35. The zero-order chi connectivity index (χ0) is 16.9. The van der Waals surface area contributed by atoms with Crippen molar-refractivity contribution in [1.82, 2.24) is 14.5 Å². The van der Waals surface area contributed by atoms with Gasteiger partial charge in [0, 0.05) is 20.6 Å². The molecular weight excluding hydrogens is 310 g/mol. The molecule has 130 valence electrons. The summed E-state index contributed by atoms with van der Waals surface area (Å²) < 4.78 is 25.7. The number of sulfonamides is 1. The summed E-state index contributed by atoms with van der Waals surface area (Å²) in [6, 6.07) is 7.32. The molecule has 2 rings (SSSR count). The van der Waals surface area contributed by atoms with Crippen LogP contribution in [0.4, 0.5) is 0 Å². The molecule has 1 aliphatic rings. The van der Waals surface area contributed by atoms with Crippen LogP contribution in [0.2, 0.25) is 0 Å². The first-order chi connectivity index (χ1) is 10.9. The number of nitrogens with zero attached hydrogens (tertiary/aromatic N) is 2. The average Bonchev–Trinajstić information content (AvgIpc) is 2.54. The van der Waals surface area contributed by atoms with Crippen molar-refractivity contribution in [3.63, 3.8) is 0 Å². The normalized spacial score (nSPS) is 17.7. The van der Waals surface area contributed by atoms with E-state index in [1.54, 1.807) is 26.2 Å². The summed E-state index contributed by atoms with van der Waals surface area (Å²) in [5.41, 5.74) is 1.07. The van der Waals surface area contributed by atoms with E-state index in [-0.39, 0.29) is 0 Å².